The maximum absolute atomic E-state index is 11.9. The molecule has 4 heteroatoms. The first-order chi connectivity index (χ1) is 8.78. The van der Waals surface area contributed by atoms with Crippen molar-refractivity contribution in [1.82, 2.24) is 0 Å². The van der Waals surface area contributed by atoms with Crippen LogP contribution >= 0.6 is 11.8 Å². The molecule has 2 rings (SSSR count). The molecule has 0 radical (unpaired) electrons. The van der Waals surface area contributed by atoms with Gasteiger partial charge in [0.25, 0.3) is 0 Å². The summed E-state index contributed by atoms with van der Waals surface area (Å²) in [5.41, 5.74) is 1.28. The van der Waals surface area contributed by atoms with Gasteiger partial charge >= 0.3 is 0 Å². The fraction of sp³-hybridized carbons (Fsp3) is 0.429. The topological polar surface area (TPSA) is 52.9 Å². The molecular formula is C14H16N2OS. The van der Waals surface area contributed by atoms with E-state index in [4.69, 9.17) is 5.26 Å². The highest BCUT2D eigenvalue weighted by Crippen LogP contribution is 2.25. The van der Waals surface area contributed by atoms with Crippen molar-refractivity contribution in [3.63, 3.8) is 0 Å². The molecule has 1 aromatic carbocycles. The van der Waals surface area contributed by atoms with Crippen molar-refractivity contribution in [3.8, 4) is 6.07 Å². The smallest absolute Gasteiger partial charge is 0.224 e. The van der Waals surface area contributed by atoms with Crippen LogP contribution in [0, 0.1) is 17.2 Å². The van der Waals surface area contributed by atoms with Crippen LogP contribution in [-0.4, -0.2) is 17.4 Å². The lowest BCUT2D eigenvalue weighted by Crippen LogP contribution is -2.20. The summed E-state index contributed by atoms with van der Waals surface area (Å²) in [5, 5.41) is 11.7. The minimum Gasteiger partial charge on any atom is -0.326 e. The molecule has 0 spiro atoms. The third kappa shape index (κ3) is 3.78. The molecular weight excluding hydrogens is 244 g/mol. The highest BCUT2D eigenvalue weighted by atomic mass is 32.2. The quantitative estimate of drug-likeness (QED) is 0.908. The zero-order chi connectivity index (χ0) is 12.8. The molecule has 1 N–H and O–H groups in total. The Hall–Kier alpha value is -1.47. The Balaban J connectivity index is 1.88. The summed E-state index contributed by atoms with van der Waals surface area (Å²) in [4.78, 5) is 11.9. The van der Waals surface area contributed by atoms with Gasteiger partial charge < -0.3 is 5.32 Å². The Morgan fingerprint density at radius 1 is 1.56 bits per heavy atom. The molecule has 1 aromatic rings. The largest absolute Gasteiger partial charge is 0.326 e. The minimum atomic E-state index is 0.0533. The number of nitrogens with one attached hydrogen (secondary N) is 1. The van der Waals surface area contributed by atoms with Crippen LogP contribution in [-0.2, 0) is 4.79 Å². The first-order valence-corrected chi connectivity index (χ1v) is 7.31. The molecule has 0 aliphatic carbocycles. The lowest BCUT2D eigenvalue weighted by Gasteiger charge is -2.20. The van der Waals surface area contributed by atoms with Crippen molar-refractivity contribution in [2.75, 3.05) is 16.8 Å². The second kappa shape index (κ2) is 6.46. The Kier molecular flexibility index (Phi) is 4.66. The molecule has 1 unspecified atom stereocenters. The Bertz CT molecular complexity index is 461. The van der Waals surface area contributed by atoms with Crippen LogP contribution in [0.4, 0.5) is 5.69 Å². The fourth-order valence-corrected chi connectivity index (χ4v) is 3.26. The molecule has 1 aliphatic rings. The van der Waals surface area contributed by atoms with Gasteiger partial charge in [-0.1, -0.05) is 6.07 Å². The maximum Gasteiger partial charge on any atom is 0.224 e. The van der Waals surface area contributed by atoms with E-state index >= 15 is 0 Å². The van der Waals surface area contributed by atoms with Gasteiger partial charge in [-0.25, -0.2) is 0 Å². The van der Waals surface area contributed by atoms with Crippen LogP contribution in [0.5, 0.6) is 0 Å². The minimum absolute atomic E-state index is 0.0533. The van der Waals surface area contributed by atoms with Crippen molar-refractivity contribution in [3.05, 3.63) is 29.8 Å². The molecule has 1 aliphatic heterocycles. The van der Waals surface area contributed by atoms with Gasteiger partial charge in [0.05, 0.1) is 11.6 Å². The first kappa shape index (κ1) is 13.0. The highest BCUT2D eigenvalue weighted by molar-refractivity contribution is 7.99. The van der Waals surface area contributed by atoms with Gasteiger partial charge in [0.1, 0.15) is 0 Å². The number of amides is 1. The summed E-state index contributed by atoms with van der Waals surface area (Å²) in [5.74, 6) is 2.87. The normalized spacial score (nSPS) is 18.9. The average Bonchev–Trinajstić information content (AvgIpc) is 2.40. The average molecular weight is 260 g/mol. The van der Waals surface area contributed by atoms with E-state index in [9.17, 15) is 4.79 Å². The molecule has 1 atom stereocenters. The number of nitriles is 1. The number of carbonyl (C=O) groups excluding carboxylic acids is 1. The van der Waals surface area contributed by atoms with Crippen LogP contribution in [0.2, 0.25) is 0 Å². The predicted molar refractivity (Wildman–Crippen MR) is 74.5 cm³/mol. The van der Waals surface area contributed by atoms with Gasteiger partial charge in [-0.3, -0.25) is 4.79 Å². The van der Waals surface area contributed by atoms with E-state index in [0.29, 0.717) is 23.6 Å². The number of rotatable bonds is 3. The van der Waals surface area contributed by atoms with Gasteiger partial charge in [0.15, 0.2) is 0 Å². The molecule has 1 fully saturated rings. The number of nitrogens with zero attached hydrogens (tertiary/aromatic N) is 1. The number of carbonyl (C=O) groups is 1. The molecule has 0 saturated carbocycles. The Labute approximate surface area is 112 Å². The molecule has 3 nitrogen and oxygen atoms in total. The van der Waals surface area contributed by atoms with Gasteiger partial charge in [0.2, 0.25) is 5.91 Å². The Morgan fingerprint density at radius 2 is 2.44 bits per heavy atom. The fourth-order valence-electron chi connectivity index (χ4n) is 2.11. The third-order valence-corrected chi connectivity index (χ3v) is 4.29. The van der Waals surface area contributed by atoms with Gasteiger partial charge in [-0.05, 0) is 48.5 Å². The SMILES string of the molecule is N#Cc1cccc(NC(=O)CC2CCCSC2)c1. The van der Waals surface area contributed by atoms with E-state index in [0.717, 1.165) is 12.2 Å². The zero-order valence-electron chi connectivity index (χ0n) is 10.2. The standard InChI is InChI=1S/C14H16N2OS/c15-9-11-3-1-5-13(7-11)16-14(17)8-12-4-2-6-18-10-12/h1,3,5,7,12H,2,4,6,8,10H2,(H,16,17). The maximum atomic E-state index is 11.9. The summed E-state index contributed by atoms with van der Waals surface area (Å²) in [6, 6.07) is 9.10. The lowest BCUT2D eigenvalue weighted by molar-refractivity contribution is -0.117. The molecule has 94 valence electrons. The van der Waals surface area contributed by atoms with Crippen LogP contribution in [0.15, 0.2) is 24.3 Å². The van der Waals surface area contributed by atoms with E-state index in [1.54, 1.807) is 18.2 Å². The summed E-state index contributed by atoms with van der Waals surface area (Å²) in [7, 11) is 0. The number of hydrogen-bond acceptors (Lipinski definition) is 3. The van der Waals surface area contributed by atoms with Crippen LogP contribution in [0.25, 0.3) is 0 Å². The first-order valence-electron chi connectivity index (χ1n) is 6.15. The second-order valence-electron chi connectivity index (χ2n) is 4.53. The van der Waals surface area contributed by atoms with Gasteiger partial charge in [-0.2, -0.15) is 17.0 Å². The lowest BCUT2D eigenvalue weighted by atomic mass is 10.0. The van der Waals surface area contributed by atoms with Crippen LogP contribution < -0.4 is 5.32 Å². The number of hydrogen-bond donors (Lipinski definition) is 1. The third-order valence-electron chi connectivity index (χ3n) is 3.00. The second-order valence-corrected chi connectivity index (χ2v) is 5.68. The molecule has 18 heavy (non-hydrogen) atoms. The van der Waals surface area contributed by atoms with Gasteiger partial charge in [0, 0.05) is 12.1 Å². The number of anilines is 1. The van der Waals surface area contributed by atoms with Crippen LogP contribution in [0.3, 0.4) is 0 Å². The van der Waals surface area contributed by atoms with E-state index in [1.165, 1.54) is 12.2 Å². The summed E-state index contributed by atoms with van der Waals surface area (Å²) < 4.78 is 0. The summed E-state index contributed by atoms with van der Waals surface area (Å²) in [6.45, 7) is 0. The molecule has 0 aromatic heterocycles. The monoisotopic (exact) mass is 260 g/mol. The van der Waals surface area contributed by atoms with E-state index < -0.39 is 0 Å². The van der Waals surface area contributed by atoms with Gasteiger partial charge in [-0.15, -0.1) is 0 Å². The van der Waals surface area contributed by atoms with Crippen molar-refractivity contribution < 1.29 is 4.79 Å². The Morgan fingerprint density at radius 3 is 3.17 bits per heavy atom. The van der Waals surface area contributed by atoms with Crippen molar-refractivity contribution >= 4 is 23.4 Å². The van der Waals surface area contributed by atoms with Crippen molar-refractivity contribution in [1.29, 1.82) is 5.26 Å². The molecule has 1 heterocycles. The number of benzene rings is 1. The number of thioether (sulfide) groups is 1. The van der Waals surface area contributed by atoms with Crippen molar-refractivity contribution in [2.45, 2.75) is 19.3 Å². The van der Waals surface area contributed by atoms with Crippen LogP contribution in [0.1, 0.15) is 24.8 Å². The molecule has 0 bridgehead atoms. The summed E-state index contributed by atoms with van der Waals surface area (Å²) in [6.07, 6.45) is 2.95. The zero-order valence-corrected chi connectivity index (χ0v) is 11.0. The molecule has 1 saturated heterocycles. The molecule has 1 amide bonds. The van der Waals surface area contributed by atoms with E-state index in [2.05, 4.69) is 11.4 Å². The predicted octanol–water partition coefficient (Wildman–Crippen LogP) is 3.03. The van der Waals surface area contributed by atoms with E-state index in [-0.39, 0.29) is 5.91 Å². The van der Waals surface area contributed by atoms with E-state index in [1.807, 2.05) is 17.8 Å². The highest BCUT2D eigenvalue weighted by Gasteiger charge is 2.17. The summed E-state index contributed by atoms with van der Waals surface area (Å²) >= 11 is 1.93. The van der Waals surface area contributed by atoms with Crippen molar-refractivity contribution in [2.24, 2.45) is 5.92 Å².